The van der Waals surface area contributed by atoms with Crippen molar-refractivity contribution >= 4 is 5.91 Å². The van der Waals surface area contributed by atoms with E-state index in [1.54, 1.807) is 18.7 Å². The van der Waals surface area contributed by atoms with Crippen LogP contribution in [0.3, 0.4) is 0 Å². The Labute approximate surface area is 153 Å². The number of benzene rings is 1. The zero-order chi connectivity index (χ0) is 18.5. The van der Waals surface area contributed by atoms with E-state index in [1.165, 1.54) is 5.56 Å². The number of carbonyl (C=O) groups excluding carboxylic acids is 1. The van der Waals surface area contributed by atoms with E-state index >= 15 is 0 Å². The fourth-order valence-corrected chi connectivity index (χ4v) is 2.89. The second-order valence-corrected chi connectivity index (χ2v) is 6.53. The van der Waals surface area contributed by atoms with Gasteiger partial charge in [0.2, 0.25) is 5.91 Å². The zero-order valence-corrected chi connectivity index (χ0v) is 15.3. The van der Waals surface area contributed by atoms with Crippen LogP contribution < -0.4 is 5.32 Å². The van der Waals surface area contributed by atoms with E-state index in [-0.39, 0.29) is 11.9 Å². The summed E-state index contributed by atoms with van der Waals surface area (Å²) >= 11 is 0. The largest absolute Gasteiger partial charge is 0.350 e. The van der Waals surface area contributed by atoms with Crippen LogP contribution >= 0.6 is 0 Å². The summed E-state index contributed by atoms with van der Waals surface area (Å²) in [5.74, 6) is -0.0424. The minimum Gasteiger partial charge on any atom is -0.350 e. The average molecular weight is 352 g/mol. The Morgan fingerprint density at radius 1 is 1.23 bits per heavy atom. The number of amides is 1. The lowest BCUT2D eigenvalue weighted by Gasteiger charge is -2.23. The maximum Gasteiger partial charge on any atom is 0.243 e. The third-order valence-electron chi connectivity index (χ3n) is 4.29. The van der Waals surface area contributed by atoms with Crippen LogP contribution in [0.25, 0.3) is 0 Å². The van der Waals surface area contributed by atoms with Crippen molar-refractivity contribution in [1.82, 2.24) is 29.5 Å². The predicted molar refractivity (Wildman–Crippen MR) is 99.3 cm³/mol. The first kappa shape index (κ1) is 17.9. The van der Waals surface area contributed by atoms with Crippen LogP contribution in [0.1, 0.15) is 22.9 Å². The van der Waals surface area contributed by atoms with E-state index in [9.17, 15) is 4.79 Å². The highest BCUT2D eigenvalue weighted by atomic mass is 16.2. The van der Waals surface area contributed by atoms with Gasteiger partial charge in [0, 0.05) is 26.0 Å². The molecule has 3 aromatic rings. The van der Waals surface area contributed by atoms with E-state index in [4.69, 9.17) is 0 Å². The van der Waals surface area contributed by atoms with E-state index in [0.29, 0.717) is 6.54 Å². The van der Waals surface area contributed by atoms with Crippen LogP contribution in [0.2, 0.25) is 0 Å². The molecule has 1 aromatic carbocycles. The van der Waals surface area contributed by atoms with Crippen molar-refractivity contribution in [2.24, 2.45) is 7.05 Å². The zero-order valence-electron chi connectivity index (χ0n) is 15.3. The molecule has 0 aliphatic rings. The summed E-state index contributed by atoms with van der Waals surface area (Å²) in [5, 5.41) is 7.23. The van der Waals surface area contributed by atoms with Crippen molar-refractivity contribution in [3.63, 3.8) is 0 Å². The number of rotatable bonds is 7. The van der Waals surface area contributed by atoms with Gasteiger partial charge < -0.3 is 9.88 Å². The minimum atomic E-state index is -0.374. The van der Waals surface area contributed by atoms with Crippen LogP contribution in [0.5, 0.6) is 0 Å². The molecule has 7 nitrogen and oxygen atoms in total. The molecule has 7 heteroatoms. The molecule has 1 atom stereocenters. The maximum absolute atomic E-state index is 12.7. The lowest BCUT2D eigenvalue weighted by atomic mass is 10.1. The maximum atomic E-state index is 12.7. The predicted octanol–water partition coefficient (Wildman–Crippen LogP) is 1.58. The Bertz CT molecular complexity index is 835. The SMILES string of the molecule is CN(C)C(C(=O)NCc1ccc(Cn2cccn2)cc1)c1cncn1C. The van der Waals surface area contributed by atoms with Crippen LogP contribution in [0.4, 0.5) is 0 Å². The average Bonchev–Trinajstić information content (AvgIpc) is 3.27. The number of hydrogen-bond donors (Lipinski definition) is 1. The second-order valence-electron chi connectivity index (χ2n) is 6.53. The third kappa shape index (κ3) is 4.18. The molecule has 0 aliphatic carbocycles. The standard InChI is InChI=1S/C19H24N6O/c1-23(2)18(17-12-20-14-24(17)3)19(26)21-11-15-5-7-16(8-6-15)13-25-10-4-9-22-25/h4-10,12,14,18H,11,13H2,1-3H3,(H,21,26). The molecule has 136 valence electrons. The van der Waals surface area contributed by atoms with E-state index < -0.39 is 0 Å². The molecule has 1 unspecified atom stereocenters. The smallest absolute Gasteiger partial charge is 0.243 e. The Kier molecular flexibility index (Phi) is 5.48. The molecule has 26 heavy (non-hydrogen) atoms. The molecule has 2 heterocycles. The first-order valence-electron chi connectivity index (χ1n) is 8.50. The summed E-state index contributed by atoms with van der Waals surface area (Å²) in [6.45, 7) is 1.23. The molecule has 2 aromatic heterocycles. The Hall–Kier alpha value is -2.93. The molecule has 0 bridgehead atoms. The fourth-order valence-electron chi connectivity index (χ4n) is 2.89. The van der Waals surface area contributed by atoms with Gasteiger partial charge in [-0.3, -0.25) is 14.4 Å². The molecule has 0 saturated heterocycles. The Morgan fingerprint density at radius 3 is 2.54 bits per heavy atom. The normalized spacial score (nSPS) is 12.3. The van der Waals surface area contributed by atoms with Crippen molar-refractivity contribution in [1.29, 1.82) is 0 Å². The van der Waals surface area contributed by atoms with Gasteiger partial charge in [-0.05, 0) is 31.3 Å². The van der Waals surface area contributed by atoms with Gasteiger partial charge in [-0.2, -0.15) is 5.10 Å². The lowest BCUT2D eigenvalue weighted by molar-refractivity contribution is -0.126. The quantitative estimate of drug-likeness (QED) is 0.701. The van der Waals surface area contributed by atoms with E-state index in [2.05, 4.69) is 27.5 Å². The molecule has 3 rings (SSSR count). The van der Waals surface area contributed by atoms with Gasteiger partial charge in [-0.1, -0.05) is 24.3 Å². The van der Waals surface area contributed by atoms with Gasteiger partial charge in [0.25, 0.3) is 0 Å². The molecule has 1 N–H and O–H groups in total. The van der Waals surface area contributed by atoms with Gasteiger partial charge in [0.15, 0.2) is 0 Å². The fraction of sp³-hybridized carbons (Fsp3) is 0.316. The third-order valence-corrected chi connectivity index (χ3v) is 4.29. The second kappa shape index (κ2) is 7.97. The number of likely N-dealkylation sites (N-methyl/N-ethyl adjacent to an activating group) is 1. The lowest BCUT2D eigenvalue weighted by Crippen LogP contribution is -2.37. The van der Waals surface area contributed by atoms with Crippen LogP contribution in [-0.2, 0) is 24.9 Å². The molecular weight excluding hydrogens is 328 g/mol. The topological polar surface area (TPSA) is 68.0 Å². The van der Waals surface area contributed by atoms with Crippen molar-refractivity contribution in [3.05, 3.63) is 72.1 Å². The number of nitrogens with one attached hydrogen (secondary N) is 1. The summed E-state index contributed by atoms with van der Waals surface area (Å²) in [7, 11) is 5.67. The molecule has 1 amide bonds. The monoisotopic (exact) mass is 352 g/mol. The molecule has 0 fully saturated rings. The summed E-state index contributed by atoms with van der Waals surface area (Å²) in [4.78, 5) is 18.7. The highest BCUT2D eigenvalue weighted by Crippen LogP contribution is 2.17. The molecule has 0 saturated carbocycles. The van der Waals surface area contributed by atoms with Crippen LogP contribution in [0, 0.1) is 0 Å². The van der Waals surface area contributed by atoms with Gasteiger partial charge in [-0.25, -0.2) is 4.98 Å². The van der Waals surface area contributed by atoms with Crippen molar-refractivity contribution in [2.45, 2.75) is 19.1 Å². The highest BCUT2D eigenvalue weighted by Gasteiger charge is 2.25. The Balaban J connectivity index is 1.60. The van der Waals surface area contributed by atoms with Crippen LogP contribution in [-0.4, -0.2) is 44.2 Å². The van der Waals surface area contributed by atoms with Crippen molar-refractivity contribution < 1.29 is 4.79 Å². The van der Waals surface area contributed by atoms with E-state index in [0.717, 1.165) is 17.8 Å². The molecule has 0 aliphatic heterocycles. The van der Waals surface area contributed by atoms with Crippen molar-refractivity contribution in [2.75, 3.05) is 14.1 Å². The number of aryl methyl sites for hydroxylation is 1. The number of carbonyl (C=O) groups is 1. The van der Waals surface area contributed by atoms with Gasteiger partial charge >= 0.3 is 0 Å². The summed E-state index contributed by atoms with van der Waals surface area (Å²) in [5.41, 5.74) is 3.09. The van der Waals surface area contributed by atoms with E-state index in [1.807, 2.05) is 59.7 Å². The van der Waals surface area contributed by atoms with Crippen LogP contribution in [0.15, 0.2) is 55.2 Å². The van der Waals surface area contributed by atoms with Gasteiger partial charge in [0.05, 0.1) is 24.8 Å². The number of hydrogen-bond acceptors (Lipinski definition) is 4. The van der Waals surface area contributed by atoms with Gasteiger partial charge in [-0.15, -0.1) is 0 Å². The minimum absolute atomic E-state index is 0.0424. The Morgan fingerprint density at radius 2 is 1.96 bits per heavy atom. The summed E-state index contributed by atoms with van der Waals surface area (Å²) < 4.78 is 3.75. The number of nitrogens with zero attached hydrogens (tertiary/aromatic N) is 5. The first-order valence-corrected chi connectivity index (χ1v) is 8.50. The molecule has 0 spiro atoms. The number of imidazole rings is 1. The molecular formula is C19H24N6O. The molecule has 0 radical (unpaired) electrons. The summed E-state index contributed by atoms with van der Waals surface area (Å²) in [6.07, 6.45) is 7.15. The number of aromatic nitrogens is 4. The summed E-state index contributed by atoms with van der Waals surface area (Å²) in [6, 6.07) is 9.73. The van der Waals surface area contributed by atoms with Crippen molar-refractivity contribution in [3.8, 4) is 0 Å². The highest BCUT2D eigenvalue weighted by molar-refractivity contribution is 5.82. The first-order chi connectivity index (χ1) is 12.5. The van der Waals surface area contributed by atoms with Gasteiger partial charge in [0.1, 0.15) is 6.04 Å².